The molecule has 5 rings (SSSR count). The number of rotatable bonds is 4. The van der Waals surface area contributed by atoms with Crippen molar-refractivity contribution in [1.29, 1.82) is 0 Å². The van der Waals surface area contributed by atoms with Crippen molar-refractivity contribution in [3.05, 3.63) is 100 Å². The first kappa shape index (κ1) is 26.2. The molecule has 9 nitrogen and oxygen atoms in total. The van der Waals surface area contributed by atoms with Crippen molar-refractivity contribution >= 4 is 23.2 Å². The minimum absolute atomic E-state index is 0.233. The number of halogens is 3. The fourth-order valence-electron chi connectivity index (χ4n) is 4.27. The van der Waals surface area contributed by atoms with Crippen molar-refractivity contribution in [2.45, 2.75) is 18.3 Å². The molecule has 1 aliphatic heterocycles. The molecule has 1 atom stereocenters. The summed E-state index contributed by atoms with van der Waals surface area (Å²) in [7, 11) is 0. The lowest BCUT2D eigenvalue weighted by Crippen LogP contribution is -2.50. The molecule has 12 heteroatoms. The van der Waals surface area contributed by atoms with Crippen LogP contribution in [-0.4, -0.2) is 40.4 Å². The van der Waals surface area contributed by atoms with E-state index in [-0.39, 0.29) is 36.4 Å². The summed E-state index contributed by atoms with van der Waals surface area (Å²) in [6.07, 6.45) is -1.48. The second-order valence-corrected chi connectivity index (χ2v) is 8.09. The highest BCUT2D eigenvalue weighted by molar-refractivity contribution is 5.99. The van der Waals surface area contributed by atoms with Crippen LogP contribution in [0.5, 0.6) is 11.5 Å². The number of hydrogen-bond acceptors (Lipinski definition) is 6. The van der Waals surface area contributed by atoms with Crippen LogP contribution >= 0.6 is 0 Å². The van der Waals surface area contributed by atoms with E-state index in [1.807, 2.05) is 0 Å². The van der Waals surface area contributed by atoms with E-state index in [0.717, 1.165) is 0 Å². The molecular weight excluding hydrogens is 507 g/mol. The zero-order chi connectivity index (χ0) is 27.3. The molecule has 0 saturated carbocycles. The Balaban J connectivity index is 0.00000107. The molecule has 38 heavy (non-hydrogen) atoms. The van der Waals surface area contributed by atoms with Crippen molar-refractivity contribution in [2.75, 3.05) is 6.61 Å². The molecule has 2 aromatic heterocycles. The molecule has 1 aliphatic rings. The van der Waals surface area contributed by atoms with Crippen LogP contribution in [0.3, 0.4) is 0 Å². The number of carbonyl (C=O) groups excluding carboxylic acids is 1. The van der Waals surface area contributed by atoms with Crippen LogP contribution in [0.15, 0.2) is 77.9 Å². The molecule has 3 N–H and O–H groups in total. The molecule has 196 valence electrons. The van der Waals surface area contributed by atoms with Crippen molar-refractivity contribution in [3.8, 4) is 11.5 Å². The number of ether oxygens (including phenoxy) is 2. The van der Waals surface area contributed by atoms with Crippen molar-refractivity contribution in [3.63, 3.8) is 0 Å². The summed E-state index contributed by atoms with van der Waals surface area (Å²) in [5, 5.41) is 10.9. The highest BCUT2D eigenvalue weighted by atomic mass is 19.4. The Labute approximate surface area is 212 Å². The second kappa shape index (κ2) is 10.6. The maximum absolute atomic E-state index is 13.4. The third-order valence-electron chi connectivity index (χ3n) is 5.85. The second-order valence-electron chi connectivity index (χ2n) is 8.09. The minimum Gasteiger partial charge on any atom is -0.491 e. The number of aromatic nitrogens is 2. The third-order valence-corrected chi connectivity index (χ3v) is 5.85. The van der Waals surface area contributed by atoms with E-state index in [1.54, 1.807) is 36.5 Å². The van der Waals surface area contributed by atoms with Crippen molar-refractivity contribution in [1.82, 2.24) is 15.3 Å². The Bertz CT molecular complexity index is 1520. The molecule has 0 saturated heterocycles. The smallest absolute Gasteiger partial charge is 0.491 e. The Morgan fingerprint density at radius 2 is 1.89 bits per heavy atom. The average Bonchev–Trinajstić information content (AvgIpc) is 2.89. The monoisotopic (exact) mass is 527 g/mol. The number of carboxylic acid groups (broad SMARTS) is 1. The number of H-pyrrole nitrogens is 1. The predicted molar refractivity (Wildman–Crippen MR) is 129 cm³/mol. The molecule has 0 aliphatic carbocycles. The molecule has 3 heterocycles. The summed E-state index contributed by atoms with van der Waals surface area (Å²) >= 11 is 0. The molecule has 2 aromatic carbocycles. The van der Waals surface area contributed by atoms with Crippen molar-refractivity contribution < 1.29 is 37.3 Å². The summed E-state index contributed by atoms with van der Waals surface area (Å²) in [6.45, 7) is -0.0167. The average molecular weight is 527 g/mol. The standard InChI is InChI=1S/C25H18F3N3O4.CH2O2/c26-25(27,28)35-18-7-5-17(6-8-18)24(10-13-34-20-2-1-11-29-21(20)24)31-22(32)16-4-3-15-9-12-30-23(33)19(15)14-16;2-1-3/h1-9,11-12,14H,10,13H2,(H,30,33)(H,31,32);1H,(H,2,3)/t24-;/m0./s1. The number of nitrogens with zero attached hydrogens (tertiary/aromatic N) is 1. The lowest BCUT2D eigenvalue weighted by Gasteiger charge is -2.39. The van der Waals surface area contributed by atoms with Gasteiger partial charge in [-0.15, -0.1) is 13.2 Å². The van der Waals surface area contributed by atoms with Gasteiger partial charge >= 0.3 is 6.36 Å². The van der Waals surface area contributed by atoms with Crippen LogP contribution in [0.2, 0.25) is 0 Å². The van der Waals surface area contributed by atoms with Crippen LogP contribution in [0.4, 0.5) is 13.2 Å². The van der Waals surface area contributed by atoms with E-state index in [2.05, 4.69) is 20.0 Å². The van der Waals surface area contributed by atoms with Crippen LogP contribution in [0.25, 0.3) is 10.8 Å². The number of alkyl halides is 3. The Kier molecular flexibility index (Phi) is 7.33. The Morgan fingerprint density at radius 1 is 1.16 bits per heavy atom. The molecule has 4 aromatic rings. The third kappa shape index (κ3) is 5.43. The van der Waals surface area contributed by atoms with Gasteiger partial charge in [0.2, 0.25) is 0 Å². The summed E-state index contributed by atoms with van der Waals surface area (Å²) in [5.41, 5.74) is -0.356. The largest absolute Gasteiger partial charge is 0.573 e. The number of aromatic amines is 1. The van der Waals surface area contributed by atoms with Gasteiger partial charge in [-0.05, 0) is 53.4 Å². The van der Waals surface area contributed by atoms with Gasteiger partial charge in [-0.25, -0.2) is 0 Å². The van der Waals surface area contributed by atoms with Crippen LogP contribution in [0.1, 0.15) is 28.0 Å². The quantitative estimate of drug-likeness (QED) is 0.342. The fourth-order valence-corrected chi connectivity index (χ4v) is 4.27. The zero-order valence-electron chi connectivity index (χ0n) is 19.5. The van der Waals surface area contributed by atoms with E-state index in [1.165, 1.54) is 36.5 Å². The lowest BCUT2D eigenvalue weighted by molar-refractivity contribution is -0.274. The maximum Gasteiger partial charge on any atom is 0.573 e. The van der Waals surface area contributed by atoms with Gasteiger partial charge in [0.15, 0.2) is 0 Å². The van der Waals surface area contributed by atoms with Gasteiger partial charge in [0.05, 0.1) is 6.61 Å². The topological polar surface area (TPSA) is 131 Å². The predicted octanol–water partition coefficient (Wildman–Crippen LogP) is 3.98. The van der Waals surface area contributed by atoms with Crippen LogP contribution in [-0.2, 0) is 10.3 Å². The SMILES string of the molecule is O=C(N[C@]1(c2ccc(OC(F)(F)F)cc2)CCOc2cccnc21)c1ccc2cc[nH]c(=O)c2c1.O=CO. The van der Waals surface area contributed by atoms with E-state index < -0.39 is 17.8 Å². The van der Waals surface area contributed by atoms with Crippen LogP contribution < -0.4 is 20.3 Å². The molecule has 0 fully saturated rings. The van der Waals surface area contributed by atoms with Gasteiger partial charge in [0.1, 0.15) is 22.7 Å². The number of benzene rings is 2. The maximum atomic E-state index is 13.4. The number of hydrogen-bond donors (Lipinski definition) is 3. The Hall–Kier alpha value is -4.87. The minimum atomic E-state index is -4.83. The summed E-state index contributed by atoms with van der Waals surface area (Å²) in [4.78, 5) is 41.0. The number of fused-ring (bicyclic) bond motifs is 2. The van der Waals surface area contributed by atoms with Gasteiger partial charge in [-0.2, -0.15) is 0 Å². The Morgan fingerprint density at radius 3 is 2.61 bits per heavy atom. The first-order chi connectivity index (χ1) is 18.2. The highest BCUT2D eigenvalue weighted by Gasteiger charge is 2.43. The van der Waals surface area contributed by atoms with E-state index in [0.29, 0.717) is 27.8 Å². The molecule has 0 bridgehead atoms. The van der Waals surface area contributed by atoms with Crippen molar-refractivity contribution in [2.24, 2.45) is 0 Å². The fraction of sp³-hybridized carbons (Fsp3) is 0.154. The normalized spacial score (nSPS) is 16.3. The first-order valence-corrected chi connectivity index (χ1v) is 11.1. The van der Waals surface area contributed by atoms with E-state index in [4.69, 9.17) is 14.6 Å². The summed E-state index contributed by atoms with van der Waals surface area (Å²) < 4.78 is 47.6. The van der Waals surface area contributed by atoms with Gasteiger partial charge < -0.3 is 24.9 Å². The van der Waals surface area contributed by atoms with E-state index in [9.17, 15) is 22.8 Å². The summed E-state index contributed by atoms with van der Waals surface area (Å²) in [6, 6.07) is 15.2. The molecule has 1 amide bonds. The number of pyridine rings is 2. The first-order valence-electron chi connectivity index (χ1n) is 11.1. The van der Waals surface area contributed by atoms with Gasteiger partial charge in [-0.1, -0.05) is 18.2 Å². The highest BCUT2D eigenvalue weighted by Crippen LogP contribution is 2.41. The molecular formula is C26H20F3N3O6. The van der Waals surface area contributed by atoms with Crippen LogP contribution in [0, 0.1) is 0 Å². The molecule has 0 spiro atoms. The number of amides is 1. The number of nitrogens with one attached hydrogen (secondary N) is 2. The number of carbonyl (C=O) groups is 2. The van der Waals surface area contributed by atoms with Gasteiger partial charge in [-0.3, -0.25) is 19.4 Å². The molecule has 0 unspecified atom stereocenters. The lowest BCUT2D eigenvalue weighted by atomic mass is 9.81. The van der Waals surface area contributed by atoms with Gasteiger partial charge in [0.25, 0.3) is 17.9 Å². The van der Waals surface area contributed by atoms with E-state index >= 15 is 0 Å². The molecule has 0 radical (unpaired) electrons. The summed E-state index contributed by atoms with van der Waals surface area (Å²) in [5.74, 6) is -0.418. The zero-order valence-corrected chi connectivity index (χ0v) is 19.5. The van der Waals surface area contributed by atoms with Gasteiger partial charge in [0, 0.05) is 29.8 Å².